The predicted octanol–water partition coefficient (Wildman–Crippen LogP) is 2.63. The Kier molecular flexibility index (Phi) is 3.65. The van der Waals surface area contributed by atoms with Gasteiger partial charge in [0.15, 0.2) is 0 Å². The van der Waals surface area contributed by atoms with Crippen LogP contribution in [-0.4, -0.2) is 51.9 Å². The Morgan fingerprint density at radius 1 is 1.30 bits per heavy atom. The topological polar surface area (TPSA) is 88.9 Å². The third-order valence-corrected chi connectivity index (χ3v) is 6.43. The molecule has 1 aliphatic heterocycles. The third kappa shape index (κ3) is 2.84. The van der Waals surface area contributed by atoms with Crippen molar-refractivity contribution in [1.29, 1.82) is 5.26 Å². The number of nitriles is 1. The second-order valence-corrected chi connectivity index (χ2v) is 8.31. The van der Waals surface area contributed by atoms with Crippen molar-refractivity contribution in [3.63, 3.8) is 0 Å². The zero-order chi connectivity index (χ0) is 18.4. The van der Waals surface area contributed by atoms with Gasteiger partial charge in [0.1, 0.15) is 23.9 Å². The van der Waals surface area contributed by atoms with Crippen molar-refractivity contribution < 1.29 is 4.79 Å². The quantitative estimate of drug-likeness (QED) is 0.740. The Morgan fingerprint density at radius 3 is 2.96 bits per heavy atom. The van der Waals surface area contributed by atoms with Crippen LogP contribution in [-0.2, 0) is 0 Å². The number of hydrogen-bond acceptors (Lipinski definition) is 6. The molecular formula is C19H18N6OS. The number of aromatic amines is 1. The first-order valence-electron chi connectivity index (χ1n) is 8.98. The summed E-state index contributed by atoms with van der Waals surface area (Å²) in [6, 6.07) is 5.81. The zero-order valence-corrected chi connectivity index (χ0v) is 15.5. The Bertz CT molecular complexity index is 1060. The summed E-state index contributed by atoms with van der Waals surface area (Å²) < 4.78 is 0. The lowest BCUT2D eigenvalue weighted by Crippen LogP contribution is -2.36. The number of aromatic nitrogens is 3. The van der Waals surface area contributed by atoms with E-state index in [9.17, 15) is 4.79 Å². The molecule has 5 rings (SSSR count). The van der Waals surface area contributed by atoms with Gasteiger partial charge in [-0.05, 0) is 25.0 Å². The highest BCUT2D eigenvalue weighted by Gasteiger charge is 2.48. The Labute approximate surface area is 160 Å². The maximum absolute atomic E-state index is 13.0. The molecular weight excluding hydrogens is 360 g/mol. The second-order valence-electron chi connectivity index (χ2n) is 7.40. The summed E-state index contributed by atoms with van der Waals surface area (Å²) >= 11 is 1.35. The number of H-pyrrole nitrogens is 1. The van der Waals surface area contributed by atoms with Gasteiger partial charge >= 0.3 is 0 Å². The molecule has 0 atom stereocenters. The summed E-state index contributed by atoms with van der Waals surface area (Å²) in [5.74, 6) is 0.966. The minimum absolute atomic E-state index is 0.0316. The van der Waals surface area contributed by atoms with Crippen molar-refractivity contribution in [2.45, 2.75) is 12.8 Å². The lowest BCUT2D eigenvalue weighted by Gasteiger charge is -2.25. The Morgan fingerprint density at radius 2 is 2.19 bits per heavy atom. The molecule has 7 nitrogen and oxygen atoms in total. The molecule has 1 amide bonds. The molecule has 2 fully saturated rings. The van der Waals surface area contributed by atoms with Crippen molar-refractivity contribution in [2.24, 2.45) is 5.41 Å². The molecule has 8 heteroatoms. The number of nitrogens with zero attached hydrogens (tertiary/aromatic N) is 5. The summed E-state index contributed by atoms with van der Waals surface area (Å²) in [6.45, 7) is 3.06. The van der Waals surface area contributed by atoms with E-state index in [0.717, 1.165) is 49.3 Å². The van der Waals surface area contributed by atoms with Crippen LogP contribution in [0.5, 0.6) is 0 Å². The lowest BCUT2D eigenvalue weighted by molar-refractivity contribution is 0.0745. The van der Waals surface area contributed by atoms with E-state index in [1.807, 2.05) is 17.2 Å². The van der Waals surface area contributed by atoms with Crippen molar-refractivity contribution >= 4 is 34.1 Å². The molecule has 3 aromatic rings. The first-order valence-corrected chi connectivity index (χ1v) is 9.86. The number of thiophene rings is 1. The average molecular weight is 378 g/mol. The SMILES string of the molecule is N#Cc1csc(C(=O)N2CCN(c3ncnc4[nH]ccc34)CC3(CC3)C2)c1. The van der Waals surface area contributed by atoms with Crippen LogP contribution in [0, 0.1) is 16.7 Å². The number of rotatable bonds is 2. The maximum atomic E-state index is 13.0. The van der Waals surface area contributed by atoms with Crippen molar-refractivity contribution in [3.05, 3.63) is 40.5 Å². The van der Waals surface area contributed by atoms with E-state index in [4.69, 9.17) is 5.26 Å². The molecule has 1 aliphatic carbocycles. The van der Waals surface area contributed by atoms with Crippen molar-refractivity contribution in [1.82, 2.24) is 19.9 Å². The van der Waals surface area contributed by atoms with Crippen LogP contribution < -0.4 is 4.90 Å². The normalized spacial score (nSPS) is 18.5. The van der Waals surface area contributed by atoms with Gasteiger partial charge in [0.05, 0.1) is 15.8 Å². The summed E-state index contributed by atoms with van der Waals surface area (Å²) in [7, 11) is 0. The molecule has 1 N–H and O–H groups in total. The molecule has 1 saturated heterocycles. The Hall–Kier alpha value is -2.92. The number of carbonyl (C=O) groups excluding carboxylic acids is 1. The minimum atomic E-state index is 0.0316. The minimum Gasteiger partial charge on any atom is -0.354 e. The van der Waals surface area contributed by atoms with Crippen LogP contribution in [0.25, 0.3) is 11.0 Å². The summed E-state index contributed by atoms with van der Waals surface area (Å²) in [5.41, 5.74) is 1.54. The summed E-state index contributed by atoms with van der Waals surface area (Å²) in [5, 5.41) is 11.8. The standard InChI is InChI=1S/C19H18N6OS/c20-8-13-7-15(27-9-13)18(26)25-6-5-24(10-19(11-25)2-3-19)17-14-1-4-21-16(14)22-12-23-17/h1,4,7,9,12H,2-3,5-6,10-11H2,(H,21,22,23). The summed E-state index contributed by atoms with van der Waals surface area (Å²) in [4.78, 5) is 29.8. The van der Waals surface area contributed by atoms with Crippen LogP contribution in [0.1, 0.15) is 28.1 Å². The van der Waals surface area contributed by atoms with Gasteiger partial charge in [0.25, 0.3) is 5.91 Å². The number of fused-ring (bicyclic) bond motifs is 1. The number of carbonyl (C=O) groups is 1. The van der Waals surface area contributed by atoms with Gasteiger partial charge in [-0.3, -0.25) is 4.79 Å². The van der Waals surface area contributed by atoms with Crippen molar-refractivity contribution in [2.75, 3.05) is 31.1 Å². The van der Waals surface area contributed by atoms with Gasteiger partial charge in [-0.1, -0.05) is 0 Å². The van der Waals surface area contributed by atoms with Crippen LogP contribution in [0.15, 0.2) is 30.0 Å². The third-order valence-electron chi connectivity index (χ3n) is 5.51. The lowest BCUT2D eigenvalue weighted by atomic mass is 10.1. The molecule has 27 heavy (non-hydrogen) atoms. The second kappa shape index (κ2) is 6.06. The fourth-order valence-electron chi connectivity index (χ4n) is 3.88. The Balaban J connectivity index is 1.43. The predicted molar refractivity (Wildman–Crippen MR) is 103 cm³/mol. The van der Waals surface area contributed by atoms with Gasteiger partial charge in [-0.2, -0.15) is 5.26 Å². The van der Waals surface area contributed by atoms with Crippen LogP contribution in [0.3, 0.4) is 0 Å². The van der Waals surface area contributed by atoms with Crippen molar-refractivity contribution in [3.8, 4) is 6.07 Å². The number of nitrogens with one attached hydrogen (secondary N) is 1. The van der Waals surface area contributed by atoms with Gasteiger partial charge in [-0.15, -0.1) is 11.3 Å². The highest BCUT2D eigenvalue weighted by atomic mass is 32.1. The van der Waals surface area contributed by atoms with E-state index < -0.39 is 0 Å². The number of hydrogen-bond donors (Lipinski definition) is 1. The van der Waals surface area contributed by atoms with Gasteiger partial charge < -0.3 is 14.8 Å². The van der Waals surface area contributed by atoms with E-state index in [-0.39, 0.29) is 11.3 Å². The molecule has 0 bridgehead atoms. The fraction of sp³-hybridized carbons (Fsp3) is 0.368. The highest BCUT2D eigenvalue weighted by molar-refractivity contribution is 7.12. The largest absolute Gasteiger partial charge is 0.354 e. The van der Waals surface area contributed by atoms with Crippen LogP contribution in [0.4, 0.5) is 5.82 Å². The maximum Gasteiger partial charge on any atom is 0.264 e. The highest BCUT2D eigenvalue weighted by Crippen LogP contribution is 2.48. The van der Waals surface area contributed by atoms with E-state index in [2.05, 4.69) is 25.9 Å². The average Bonchev–Trinajstić information content (AvgIpc) is 3.09. The van der Waals surface area contributed by atoms with E-state index in [1.165, 1.54) is 11.3 Å². The van der Waals surface area contributed by atoms with Crippen LogP contribution in [0.2, 0.25) is 0 Å². The van der Waals surface area contributed by atoms with Gasteiger partial charge in [0, 0.05) is 43.2 Å². The van der Waals surface area contributed by atoms with Gasteiger partial charge in [-0.25, -0.2) is 9.97 Å². The molecule has 1 saturated carbocycles. The van der Waals surface area contributed by atoms with E-state index >= 15 is 0 Å². The number of amides is 1. The zero-order valence-electron chi connectivity index (χ0n) is 14.7. The summed E-state index contributed by atoms with van der Waals surface area (Å²) in [6.07, 6.45) is 5.73. The molecule has 3 aromatic heterocycles. The molecule has 136 valence electrons. The van der Waals surface area contributed by atoms with Gasteiger partial charge in [0.2, 0.25) is 0 Å². The first-order chi connectivity index (χ1) is 13.2. The first kappa shape index (κ1) is 16.3. The number of anilines is 1. The molecule has 0 radical (unpaired) electrons. The van der Waals surface area contributed by atoms with E-state index in [1.54, 1.807) is 17.8 Å². The molecule has 0 unspecified atom stereocenters. The fourth-order valence-corrected chi connectivity index (χ4v) is 4.68. The smallest absolute Gasteiger partial charge is 0.264 e. The molecule has 2 aliphatic rings. The van der Waals surface area contributed by atoms with Crippen LogP contribution >= 0.6 is 11.3 Å². The van der Waals surface area contributed by atoms with E-state index in [0.29, 0.717) is 17.0 Å². The molecule has 4 heterocycles. The molecule has 1 spiro atoms. The molecule has 0 aromatic carbocycles. The monoisotopic (exact) mass is 378 g/mol.